The van der Waals surface area contributed by atoms with Crippen molar-refractivity contribution in [3.63, 3.8) is 0 Å². The lowest BCUT2D eigenvalue weighted by atomic mass is 9.80. The van der Waals surface area contributed by atoms with E-state index in [9.17, 15) is 9.59 Å². The zero-order valence-corrected chi connectivity index (χ0v) is 10.9. The van der Waals surface area contributed by atoms with Crippen molar-refractivity contribution in [2.24, 2.45) is 5.92 Å². The quantitative estimate of drug-likeness (QED) is 0.635. The molecule has 0 aromatic heterocycles. The normalized spacial score (nSPS) is 18.6. The first-order valence-electron chi connectivity index (χ1n) is 6.33. The van der Waals surface area contributed by atoms with E-state index in [1.165, 1.54) is 13.5 Å². The Hall–Kier alpha value is -1.30. The molecule has 104 valence electrons. The predicted molar refractivity (Wildman–Crippen MR) is 66.4 cm³/mol. The van der Waals surface area contributed by atoms with Gasteiger partial charge in [0, 0.05) is 26.2 Å². The van der Waals surface area contributed by atoms with Crippen LogP contribution in [0.5, 0.6) is 0 Å². The molecular weight excluding hydrogens is 236 g/mol. The fourth-order valence-corrected chi connectivity index (χ4v) is 1.96. The van der Waals surface area contributed by atoms with E-state index in [0.29, 0.717) is 12.5 Å². The van der Waals surface area contributed by atoms with Crippen LogP contribution in [0.3, 0.4) is 0 Å². The molecule has 2 amide bonds. The second-order valence-electron chi connectivity index (χ2n) is 4.77. The molecule has 0 bridgehead atoms. The number of aliphatic carboxylic acids is 1. The third-order valence-electron chi connectivity index (χ3n) is 3.43. The minimum absolute atomic E-state index is 0.0932. The van der Waals surface area contributed by atoms with E-state index in [1.54, 1.807) is 0 Å². The van der Waals surface area contributed by atoms with Crippen molar-refractivity contribution in [2.75, 3.05) is 13.7 Å². The molecule has 6 nitrogen and oxygen atoms in total. The van der Waals surface area contributed by atoms with E-state index in [2.05, 4.69) is 10.6 Å². The highest BCUT2D eigenvalue weighted by Gasteiger charge is 2.26. The summed E-state index contributed by atoms with van der Waals surface area (Å²) >= 11 is 0. The molecule has 1 aliphatic carbocycles. The van der Waals surface area contributed by atoms with Gasteiger partial charge in [-0.05, 0) is 25.7 Å². The van der Waals surface area contributed by atoms with Crippen molar-refractivity contribution in [3.8, 4) is 0 Å². The van der Waals surface area contributed by atoms with Crippen LogP contribution < -0.4 is 10.6 Å². The molecule has 0 heterocycles. The number of urea groups is 1. The summed E-state index contributed by atoms with van der Waals surface area (Å²) in [6.45, 7) is 2.25. The Morgan fingerprint density at radius 2 is 2.06 bits per heavy atom. The number of amides is 2. The molecule has 0 aromatic rings. The SMILES string of the molecule is COCCC(NC(=O)NC(C)C1CCC1)C(=O)O. The zero-order valence-electron chi connectivity index (χ0n) is 10.9. The lowest BCUT2D eigenvalue weighted by Gasteiger charge is -2.32. The van der Waals surface area contributed by atoms with Gasteiger partial charge in [0.1, 0.15) is 6.04 Å². The summed E-state index contributed by atoms with van der Waals surface area (Å²) in [6.07, 6.45) is 3.74. The molecule has 6 heteroatoms. The van der Waals surface area contributed by atoms with Gasteiger partial charge in [0.15, 0.2) is 0 Å². The van der Waals surface area contributed by atoms with E-state index in [1.807, 2.05) is 6.92 Å². The molecule has 2 atom stereocenters. The topological polar surface area (TPSA) is 87.7 Å². The summed E-state index contributed by atoms with van der Waals surface area (Å²) in [5.41, 5.74) is 0. The number of methoxy groups -OCH3 is 1. The number of hydrogen-bond acceptors (Lipinski definition) is 3. The van der Waals surface area contributed by atoms with Crippen molar-refractivity contribution in [2.45, 2.75) is 44.7 Å². The molecule has 2 unspecified atom stereocenters. The zero-order chi connectivity index (χ0) is 13.5. The van der Waals surface area contributed by atoms with E-state index in [4.69, 9.17) is 9.84 Å². The smallest absolute Gasteiger partial charge is 0.326 e. The number of nitrogens with one attached hydrogen (secondary N) is 2. The van der Waals surface area contributed by atoms with Crippen molar-refractivity contribution in [3.05, 3.63) is 0 Å². The van der Waals surface area contributed by atoms with E-state index in [0.717, 1.165) is 12.8 Å². The molecule has 0 spiro atoms. The van der Waals surface area contributed by atoms with E-state index in [-0.39, 0.29) is 12.5 Å². The van der Waals surface area contributed by atoms with Crippen LogP contribution in [-0.4, -0.2) is 42.9 Å². The number of carbonyl (C=O) groups is 2. The molecule has 1 fully saturated rings. The van der Waals surface area contributed by atoms with Crippen LogP contribution in [0.15, 0.2) is 0 Å². The van der Waals surface area contributed by atoms with Crippen molar-refractivity contribution in [1.29, 1.82) is 0 Å². The van der Waals surface area contributed by atoms with Gasteiger partial charge < -0.3 is 20.5 Å². The summed E-state index contributed by atoms with van der Waals surface area (Å²) in [6, 6.07) is -1.23. The Morgan fingerprint density at radius 1 is 1.39 bits per heavy atom. The van der Waals surface area contributed by atoms with Gasteiger partial charge in [-0.2, -0.15) is 0 Å². The highest BCUT2D eigenvalue weighted by atomic mass is 16.5. The second-order valence-corrected chi connectivity index (χ2v) is 4.77. The number of carboxylic acid groups (broad SMARTS) is 1. The first kappa shape index (κ1) is 14.8. The Morgan fingerprint density at radius 3 is 2.50 bits per heavy atom. The van der Waals surface area contributed by atoms with Gasteiger partial charge in [-0.3, -0.25) is 0 Å². The third-order valence-corrected chi connectivity index (χ3v) is 3.43. The summed E-state index contributed by atoms with van der Waals surface area (Å²) < 4.78 is 4.81. The molecule has 18 heavy (non-hydrogen) atoms. The predicted octanol–water partition coefficient (Wildman–Crippen LogP) is 0.964. The summed E-state index contributed by atoms with van der Waals surface area (Å²) in [4.78, 5) is 22.6. The van der Waals surface area contributed by atoms with Crippen molar-refractivity contribution >= 4 is 12.0 Å². The fourth-order valence-electron chi connectivity index (χ4n) is 1.96. The van der Waals surface area contributed by atoms with Crippen molar-refractivity contribution < 1.29 is 19.4 Å². The average molecular weight is 258 g/mol. The van der Waals surface area contributed by atoms with E-state index >= 15 is 0 Å². The van der Waals surface area contributed by atoms with E-state index < -0.39 is 18.0 Å². The summed E-state index contributed by atoms with van der Waals surface area (Å²) in [5.74, 6) is -0.517. The van der Waals surface area contributed by atoms with Gasteiger partial charge in [0.2, 0.25) is 0 Å². The van der Waals surface area contributed by atoms with Crippen LogP contribution in [0.1, 0.15) is 32.6 Å². The monoisotopic (exact) mass is 258 g/mol. The molecule has 1 saturated carbocycles. The largest absolute Gasteiger partial charge is 0.480 e. The molecule has 0 saturated heterocycles. The third kappa shape index (κ3) is 4.52. The molecule has 1 rings (SSSR count). The van der Waals surface area contributed by atoms with Crippen molar-refractivity contribution in [1.82, 2.24) is 10.6 Å². The second kappa shape index (κ2) is 7.20. The Labute approximate surface area is 107 Å². The number of ether oxygens (including phenoxy) is 1. The highest BCUT2D eigenvalue weighted by Crippen LogP contribution is 2.29. The average Bonchev–Trinajstić information content (AvgIpc) is 2.20. The van der Waals surface area contributed by atoms with Gasteiger partial charge in [0.25, 0.3) is 0 Å². The van der Waals surface area contributed by atoms with Gasteiger partial charge in [0.05, 0.1) is 0 Å². The first-order chi connectivity index (χ1) is 8.54. The Balaban J connectivity index is 2.32. The molecule has 3 N–H and O–H groups in total. The van der Waals surface area contributed by atoms with Crippen LogP contribution in [-0.2, 0) is 9.53 Å². The highest BCUT2D eigenvalue weighted by molar-refractivity contribution is 5.82. The maximum absolute atomic E-state index is 11.6. The van der Waals surface area contributed by atoms with Gasteiger partial charge in [-0.25, -0.2) is 9.59 Å². The van der Waals surface area contributed by atoms with Crippen LogP contribution in [0.2, 0.25) is 0 Å². The van der Waals surface area contributed by atoms with Crippen LogP contribution in [0.4, 0.5) is 4.79 Å². The standard InChI is InChI=1S/C12H22N2O4/c1-8(9-4-3-5-9)13-12(17)14-10(11(15)16)6-7-18-2/h8-10H,3-7H2,1-2H3,(H,15,16)(H2,13,14,17). The molecular formula is C12H22N2O4. The first-order valence-corrected chi connectivity index (χ1v) is 6.33. The fraction of sp³-hybridized carbons (Fsp3) is 0.833. The summed E-state index contributed by atoms with van der Waals surface area (Å²) in [7, 11) is 1.50. The Bertz CT molecular complexity index is 292. The lowest BCUT2D eigenvalue weighted by molar-refractivity contribution is -0.139. The maximum atomic E-state index is 11.6. The lowest BCUT2D eigenvalue weighted by Crippen LogP contribution is -2.51. The Kier molecular flexibility index (Phi) is 5.91. The van der Waals surface area contributed by atoms with Gasteiger partial charge in [-0.1, -0.05) is 6.42 Å². The minimum Gasteiger partial charge on any atom is -0.480 e. The number of carboxylic acids is 1. The maximum Gasteiger partial charge on any atom is 0.326 e. The number of hydrogen-bond donors (Lipinski definition) is 3. The van der Waals surface area contributed by atoms with Gasteiger partial charge in [-0.15, -0.1) is 0 Å². The molecule has 0 radical (unpaired) electrons. The molecule has 0 aromatic carbocycles. The molecule has 0 aliphatic heterocycles. The van der Waals surface area contributed by atoms with Crippen LogP contribution in [0.25, 0.3) is 0 Å². The molecule has 1 aliphatic rings. The van der Waals surface area contributed by atoms with Gasteiger partial charge >= 0.3 is 12.0 Å². The number of carbonyl (C=O) groups excluding carboxylic acids is 1. The summed E-state index contributed by atoms with van der Waals surface area (Å²) in [5, 5.41) is 14.2. The van der Waals surface area contributed by atoms with Crippen LogP contribution in [0, 0.1) is 5.92 Å². The number of rotatable bonds is 7. The van der Waals surface area contributed by atoms with Crippen LogP contribution >= 0.6 is 0 Å². The minimum atomic E-state index is -1.04.